The molecule has 244 valence electrons. The van der Waals surface area contributed by atoms with Gasteiger partial charge in [0.25, 0.3) is 11.8 Å². The van der Waals surface area contributed by atoms with E-state index in [2.05, 4.69) is 21.1 Å². The normalized spacial score (nSPS) is 12.3. The Morgan fingerprint density at radius 1 is 0.457 bits per heavy atom. The van der Waals surface area contributed by atoms with E-state index in [-0.39, 0.29) is 33.1 Å². The summed E-state index contributed by atoms with van der Waals surface area (Å²) in [6.07, 6.45) is 0. The fourth-order valence-electron chi connectivity index (χ4n) is 2.84. The Morgan fingerprint density at radius 3 is 0.870 bits per heavy atom. The van der Waals surface area contributed by atoms with Gasteiger partial charge in [0.1, 0.15) is 23.3 Å². The first-order valence-electron chi connectivity index (χ1n) is 12.1. The Kier molecular flexibility index (Phi) is 15.5. The van der Waals surface area contributed by atoms with E-state index in [0.717, 1.165) is 24.3 Å². The van der Waals surface area contributed by atoms with Gasteiger partial charge in [0.15, 0.2) is 10.3 Å². The van der Waals surface area contributed by atoms with E-state index in [4.69, 9.17) is 79.4 Å². The Balaban J connectivity index is 0.000000273. The molecule has 0 bridgehead atoms. The molecule has 0 atom stereocenters. The molecule has 2 N–H and O–H groups in total. The molecule has 6 nitrogen and oxygen atoms in total. The summed E-state index contributed by atoms with van der Waals surface area (Å²) in [5, 5.41) is 7.64. The van der Waals surface area contributed by atoms with Gasteiger partial charge >= 0.3 is 59.6 Å². The average Bonchev–Trinajstić information content (AvgIpc) is 2.99. The number of carbonyl (C=O) groups excluding carboxylic acids is 2. The van der Waals surface area contributed by atoms with Gasteiger partial charge in [-0.2, -0.15) is 0 Å². The summed E-state index contributed by atoms with van der Waals surface area (Å²) in [6.45, 7) is 0. The summed E-state index contributed by atoms with van der Waals surface area (Å²) in [6, 6.07) is 20.6. The van der Waals surface area contributed by atoms with Crippen LogP contribution in [0.15, 0.2) is 107 Å². The van der Waals surface area contributed by atoms with E-state index in [1.54, 1.807) is 0 Å². The number of hydrazine groups is 1. The van der Waals surface area contributed by atoms with Crippen molar-refractivity contribution in [3.8, 4) is 0 Å². The Bertz CT molecular complexity index is 1550. The SMILES string of the molecule is ClP(Cl)(Cl)(Cl)Cl.Fc1ccc(/C(Cl)=N/N=C(\Cl)c2ccc(F)cc2)cc1.O=C(NNC(=O)c1ccc(F)cc1)c1ccc(F)cc1. The van der Waals surface area contributed by atoms with Crippen LogP contribution < -0.4 is 10.9 Å². The molecule has 18 heteroatoms. The van der Waals surface area contributed by atoms with E-state index in [0.29, 0.717) is 11.1 Å². The summed E-state index contributed by atoms with van der Waals surface area (Å²) in [5.41, 5.74) is 5.78. The molecule has 0 radical (unpaired) electrons. The third-order valence-electron chi connectivity index (χ3n) is 4.89. The number of rotatable bonds is 5. The number of amides is 2. The van der Waals surface area contributed by atoms with E-state index >= 15 is 0 Å². The molecule has 4 rings (SSSR count). The summed E-state index contributed by atoms with van der Waals surface area (Å²) >= 11 is 36.7. The predicted octanol–water partition coefficient (Wildman–Crippen LogP) is 10.9. The molecule has 0 heterocycles. The van der Waals surface area contributed by atoms with Crippen molar-refractivity contribution in [1.29, 1.82) is 0 Å². The fourth-order valence-corrected chi connectivity index (χ4v) is 3.17. The second kappa shape index (κ2) is 18.0. The van der Waals surface area contributed by atoms with E-state index in [9.17, 15) is 27.2 Å². The maximum absolute atomic E-state index is 12.8. The van der Waals surface area contributed by atoms with Crippen LogP contribution in [-0.2, 0) is 0 Å². The van der Waals surface area contributed by atoms with Gasteiger partial charge in [-0.15, -0.1) is 10.2 Å². The van der Waals surface area contributed by atoms with Crippen molar-refractivity contribution < 1.29 is 27.2 Å². The Hall–Kier alpha value is -2.66. The first-order valence-corrected chi connectivity index (χ1v) is 19.6. The zero-order valence-electron chi connectivity index (χ0n) is 22.6. The molecule has 2 amide bonds. The van der Waals surface area contributed by atoms with Crippen molar-refractivity contribution in [3.63, 3.8) is 0 Å². The first kappa shape index (κ1) is 39.5. The van der Waals surface area contributed by atoms with E-state index in [1.165, 1.54) is 72.8 Å². The summed E-state index contributed by atoms with van der Waals surface area (Å²) in [4.78, 5) is 23.3. The van der Waals surface area contributed by atoms with E-state index < -0.39 is 26.8 Å². The molecule has 0 fully saturated rings. The molecule has 0 spiro atoms. The van der Waals surface area contributed by atoms with Gasteiger partial charge < -0.3 is 0 Å². The van der Waals surface area contributed by atoms with Crippen LogP contribution in [0.4, 0.5) is 17.6 Å². The summed E-state index contributed by atoms with van der Waals surface area (Å²) in [5.74, 6) is -2.83. The van der Waals surface area contributed by atoms with Crippen molar-refractivity contribution in [3.05, 3.63) is 143 Å². The van der Waals surface area contributed by atoms with Crippen molar-refractivity contribution in [2.75, 3.05) is 0 Å². The molecular weight excluding hydrogens is 779 g/mol. The monoisotopic (exact) mass is 794 g/mol. The molecular formula is C28H18Cl7F4N4O2P. The zero-order chi connectivity index (χ0) is 34.5. The molecule has 0 aromatic heterocycles. The summed E-state index contributed by atoms with van der Waals surface area (Å²) < 4.78 is 47.2. The van der Waals surface area contributed by atoms with Crippen molar-refractivity contribution >= 4 is 105 Å². The van der Waals surface area contributed by atoms with Crippen molar-refractivity contribution in [2.24, 2.45) is 10.2 Å². The van der Waals surface area contributed by atoms with Crippen LogP contribution in [0.25, 0.3) is 0 Å². The van der Waals surface area contributed by atoms with Crippen molar-refractivity contribution in [2.45, 2.75) is 0 Å². The molecule has 0 saturated heterocycles. The van der Waals surface area contributed by atoms with Gasteiger partial charge in [-0.05, 0) is 97.1 Å². The van der Waals surface area contributed by atoms with Crippen LogP contribution in [0.1, 0.15) is 31.8 Å². The largest absolute Gasteiger partial charge is 0.269 e. The number of nitrogens with one attached hydrogen (secondary N) is 2. The third kappa shape index (κ3) is 16.8. The molecule has 0 aliphatic heterocycles. The molecule has 4 aromatic carbocycles. The minimum atomic E-state index is -3.69. The first-order chi connectivity index (χ1) is 21.4. The van der Waals surface area contributed by atoms with Gasteiger partial charge in [0.05, 0.1) is 0 Å². The Labute approximate surface area is 294 Å². The number of halogens is 11. The molecule has 0 unspecified atom stereocenters. The van der Waals surface area contributed by atoms with Crippen LogP contribution in [-0.4, -0.2) is 22.2 Å². The second-order valence-electron chi connectivity index (χ2n) is 8.36. The number of benzene rings is 4. The van der Waals surface area contributed by atoms with Gasteiger partial charge in [-0.1, -0.05) is 23.2 Å². The zero-order valence-corrected chi connectivity index (χ0v) is 28.7. The second-order valence-corrected chi connectivity index (χ2v) is 25.7. The standard InChI is InChI=1S/C14H8Cl2F2N2.C14H10F2N2O2.Cl5P/c15-13(9-1-5-11(17)6-2-9)19-20-14(16)10-3-7-12(18)8-4-10;15-11-5-1-9(2-6-11)13(19)17-18-14(20)10-3-7-12(16)8-4-10;1-6(2,3,4)5/h1-8H;1-8H,(H,17,19)(H,18,20);/b19-13-,20-14-;;. The molecule has 4 aromatic rings. The maximum Gasteiger partial charge on any atom is 0.269 e. The van der Waals surface area contributed by atoms with Crippen LogP contribution in [0.5, 0.6) is 0 Å². The fraction of sp³-hybridized carbons (Fsp3) is 0. The number of hydrogen-bond acceptors (Lipinski definition) is 4. The van der Waals surface area contributed by atoms with Crippen LogP contribution in [0.3, 0.4) is 0 Å². The average molecular weight is 798 g/mol. The van der Waals surface area contributed by atoms with Gasteiger partial charge in [-0.3, -0.25) is 20.4 Å². The smallest absolute Gasteiger partial charge is 0.267 e. The number of hydrogen-bond donors (Lipinski definition) is 2. The van der Waals surface area contributed by atoms with E-state index in [1.807, 2.05) is 0 Å². The predicted molar refractivity (Wildman–Crippen MR) is 181 cm³/mol. The summed E-state index contributed by atoms with van der Waals surface area (Å²) in [7, 11) is 0. The minimum absolute atomic E-state index is 0.0743. The van der Waals surface area contributed by atoms with Crippen LogP contribution >= 0.6 is 82.8 Å². The molecule has 0 saturated carbocycles. The maximum atomic E-state index is 12.8. The Morgan fingerprint density at radius 2 is 0.652 bits per heavy atom. The van der Waals surface area contributed by atoms with Gasteiger partial charge in [0.2, 0.25) is 0 Å². The quantitative estimate of drug-likeness (QED) is 0.0912. The van der Waals surface area contributed by atoms with Gasteiger partial charge in [-0.25, -0.2) is 17.6 Å². The third-order valence-corrected chi connectivity index (χ3v) is 5.48. The topological polar surface area (TPSA) is 82.9 Å². The molecule has 46 heavy (non-hydrogen) atoms. The minimum Gasteiger partial charge on any atom is -0.267 e. The van der Waals surface area contributed by atoms with Crippen LogP contribution in [0, 0.1) is 23.3 Å². The molecule has 0 aliphatic carbocycles. The molecule has 0 aliphatic rings. The number of nitrogens with zero attached hydrogens (tertiary/aromatic N) is 2. The van der Waals surface area contributed by atoms with Gasteiger partial charge in [0, 0.05) is 22.3 Å². The van der Waals surface area contributed by atoms with Crippen LogP contribution in [0.2, 0.25) is 0 Å². The number of carbonyl (C=O) groups is 2. The van der Waals surface area contributed by atoms with Crippen molar-refractivity contribution in [1.82, 2.24) is 10.9 Å².